The van der Waals surface area contributed by atoms with Crippen molar-refractivity contribution < 1.29 is 0 Å². The Morgan fingerprint density at radius 3 is 2.38 bits per heavy atom. The summed E-state index contributed by atoms with van der Waals surface area (Å²) in [6, 6.07) is 6.39. The van der Waals surface area contributed by atoms with Crippen LogP contribution in [0.15, 0.2) is 24.4 Å². The molecule has 0 saturated heterocycles. The molecule has 0 atom stereocenters. The minimum atomic E-state index is 0.391. The Labute approximate surface area is 98.3 Å². The first-order valence-electron chi connectivity index (χ1n) is 6.59. The van der Waals surface area contributed by atoms with E-state index in [1.54, 1.807) is 0 Å². The van der Waals surface area contributed by atoms with Gasteiger partial charge in [-0.1, -0.05) is 26.3 Å². The van der Waals surface area contributed by atoms with E-state index < -0.39 is 0 Å². The molecule has 0 N–H and O–H groups in total. The van der Waals surface area contributed by atoms with E-state index in [1.807, 2.05) is 12.3 Å². The molecule has 1 nitrogen and oxygen atoms in total. The monoisotopic (exact) mass is 215 g/mol. The van der Waals surface area contributed by atoms with Crippen molar-refractivity contribution in [1.29, 1.82) is 0 Å². The van der Waals surface area contributed by atoms with E-state index in [0.717, 1.165) is 5.41 Å². The van der Waals surface area contributed by atoms with Crippen LogP contribution in [0.2, 0.25) is 0 Å². The summed E-state index contributed by atoms with van der Waals surface area (Å²) in [6.07, 6.45) is 9.10. The van der Waals surface area contributed by atoms with Crippen LogP contribution >= 0.6 is 0 Å². The van der Waals surface area contributed by atoms with Gasteiger partial charge >= 0.3 is 0 Å². The van der Waals surface area contributed by atoms with Crippen LogP contribution < -0.4 is 0 Å². The summed E-state index contributed by atoms with van der Waals surface area (Å²) in [4.78, 5) is 4.62. The molecule has 1 heterocycles. The first-order chi connectivity index (χ1) is 7.67. The lowest BCUT2D eigenvalue weighted by molar-refractivity contribution is -0.0728. The zero-order valence-corrected chi connectivity index (χ0v) is 10.4. The fraction of sp³-hybridized carbons (Fsp3) is 0.667. The summed E-state index contributed by atoms with van der Waals surface area (Å²) in [7, 11) is 0. The second-order valence-corrected chi connectivity index (χ2v) is 6.23. The summed E-state index contributed by atoms with van der Waals surface area (Å²) < 4.78 is 0. The van der Waals surface area contributed by atoms with Crippen molar-refractivity contribution in [3.8, 4) is 0 Å². The average molecular weight is 215 g/mol. The molecular weight excluding hydrogens is 194 g/mol. The zero-order valence-electron chi connectivity index (χ0n) is 10.4. The van der Waals surface area contributed by atoms with Gasteiger partial charge in [0.05, 0.1) is 0 Å². The summed E-state index contributed by atoms with van der Waals surface area (Å²) in [6.45, 7) is 4.72. The number of nitrogens with zero attached hydrogens (tertiary/aromatic N) is 1. The zero-order chi connectivity index (χ0) is 11.2. The Morgan fingerprint density at radius 2 is 1.94 bits per heavy atom. The van der Waals surface area contributed by atoms with Crippen LogP contribution in [0.3, 0.4) is 0 Å². The molecule has 1 spiro atoms. The van der Waals surface area contributed by atoms with E-state index in [1.165, 1.54) is 37.8 Å². The number of pyridine rings is 1. The van der Waals surface area contributed by atoms with Crippen LogP contribution in [0.5, 0.6) is 0 Å². The molecule has 3 rings (SSSR count). The largest absolute Gasteiger partial charge is 0.261 e. The van der Waals surface area contributed by atoms with Gasteiger partial charge in [0.25, 0.3) is 0 Å². The van der Waals surface area contributed by atoms with Crippen LogP contribution in [0.25, 0.3) is 0 Å². The van der Waals surface area contributed by atoms with E-state index in [4.69, 9.17) is 0 Å². The molecule has 0 bridgehead atoms. The van der Waals surface area contributed by atoms with E-state index >= 15 is 0 Å². The lowest BCUT2D eigenvalue weighted by Gasteiger charge is -2.62. The highest BCUT2D eigenvalue weighted by Gasteiger charge is 2.59. The number of hydrogen-bond donors (Lipinski definition) is 0. The van der Waals surface area contributed by atoms with Gasteiger partial charge in [0.15, 0.2) is 0 Å². The van der Waals surface area contributed by atoms with Crippen molar-refractivity contribution in [2.75, 3.05) is 0 Å². The Kier molecular flexibility index (Phi) is 2.14. The third-order valence-electron chi connectivity index (χ3n) is 5.08. The van der Waals surface area contributed by atoms with Gasteiger partial charge in [-0.3, -0.25) is 4.98 Å². The van der Waals surface area contributed by atoms with E-state index in [0.29, 0.717) is 11.3 Å². The van der Waals surface area contributed by atoms with Gasteiger partial charge in [0, 0.05) is 17.3 Å². The molecule has 2 aliphatic carbocycles. The van der Waals surface area contributed by atoms with Gasteiger partial charge in [-0.25, -0.2) is 0 Å². The molecule has 1 heteroatoms. The van der Waals surface area contributed by atoms with Gasteiger partial charge in [-0.2, -0.15) is 0 Å². The van der Waals surface area contributed by atoms with Crippen molar-refractivity contribution in [3.63, 3.8) is 0 Å². The predicted molar refractivity (Wildman–Crippen MR) is 66.3 cm³/mol. The Balaban J connectivity index is 1.89. The van der Waals surface area contributed by atoms with Crippen LogP contribution in [0.1, 0.15) is 51.6 Å². The topological polar surface area (TPSA) is 12.9 Å². The van der Waals surface area contributed by atoms with Gasteiger partial charge in [0.2, 0.25) is 0 Å². The summed E-state index contributed by atoms with van der Waals surface area (Å²) in [5, 5.41) is 0. The van der Waals surface area contributed by atoms with Gasteiger partial charge in [-0.15, -0.1) is 0 Å². The van der Waals surface area contributed by atoms with Crippen molar-refractivity contribution in [1.82, 2.24) is 4.98 Å². The molecular formula is C15H21N. The number of aromatic nitrogens is 1. The highest BCUT2D eigenvalue weighted by molar-refractivity contribution is 5.27. The third-order valence-corrected chi connectivity index (χ3v) is 5.08. The van der Waals surface area contributed by atoms with Crippen LogP contribution in [0, 0.1) is 11.3 Å². The third kappa shape index (κ3) is 1.27. The second-order valence-electron chi connectivity index (χ2n) is 6.23. The maximum absolute atomic E-state index is 4.62. The quantitative estimate of drug-likeness (QED) is 0.728. The molecule has 0 amide bonds. The van der Waals surface area contributed by atoms with Gasteiger partial charge in [0.1, 0.15) is 0 Å². The first-order valence-corrected chi connectivity index (χ1v) is 6.59. The van der Waals surface area contributed by atoms with Crippen LogP contribution in [-0.4, -0.2) is 4.98 Å². The lowest BCUT2D eigenvalue weighted by atomic mass is 9.42. The SMILES string of the molecule is CC(C)C1(c2ccccn2)CC2(CCC2)C1. The summed E-state index contributed by atoms with van der Waals surface area (Å²) in [5.41, 5.74) is 2.45. The van der Waals surface area contributed by atoms with E-state index in [-0.39, 0.29) is 0 Å². The minimum absolute atomic E-state index is 0.391. The van der Waals surface area contributed by atoms with Gasteiger partial charge in [-0.05, 0) is 49.1 Å². The van der Waals surface area contributed by atoms with E-state index in [9.17, 15) is 0 Å². The summed E-state index contributed by atoms with van der Waals surface area (Å²) in [5.74, 6) is 0.716. The first kappa shape index (κ1) is 10.3. The fourth-order valence-electron chi connectivity index (χ4n) is 3.86. The normalized spacial score (nSPS) is 25.2. The molecule has 2 saturated carbocycles. The number of hydrogen-bond acceptors (Lipinski definition) is 1. The maximum Gasteiger partial charge on any atom is 0.0468 e. The molecule has 0 aliphatic heterocycles. The lowest BCUT2D eigenvalue weighted by Crippen LogP contribution is -2.56. The molecule has 0 radical (unpaired) electrons. The predicted octanol–water partition coefficient (Wildman–Crippen LogP) is 3.94. The molecule has 1 aromatic heterocycles. The summed E-state index contributed by atoms with van der Waals surface area (Å²) >= 11 is 0. The smallest absolute Gasteiger partial charge is 0.0468 e. The van der Waals surface area contributed by atoms with Crippen molar-refractivity contribution in [2.45, 2.75) is 51.4 Å². The van der Waals surface area contributed by atoms with Crippen molar-refractivity contribution in [3.05, 3.63) is 30.1 Å². The molecule has 86 valence electrons. The Bertz CT molecular complexity index is 368. The highest BCUT2D eigenvalue weighted by atomic mass is 14.8. The standard InChI is InChI=1S/C15H21N/c1-12(2)15(13-6-3-4-9-16-13)10-14(11-15)7-5-8-14/h3-4,6,9,12H,5,7-8,10-11H2,1-2H3. The Morgan fingerprint density at radius 1 is 1.19 bits per heavy atom. The van der Waals surface area contributed by atoms with Crippen LogP contribution in [0.4, 0.5) is 0 Å². The Hall–Kier alpha value is -0.850. The molecule has 2 fully saturated rings. The highest BCUT2D eigenvalue weighted by Crippen LogP contribution is 2.66. The molecule has 16 heavy (non-hydrogen) atoms. The number of rotatable bonds is 2. The maximum atomic E-state index is 4.62. The average Bonchev–Trinajstić information content (AvgIpc) is 2.15. The fourth-order valence-corrected chi connectivity index (χ4v) is 3.86. The minimum Gasteiger partial charge on any atom is -0.261 e. The molecule has 0 unspecified atom stereocenters. The van der Waals surface area contributed by atoms with Gasteiger partial charge < -0.3 is 0 Å². The van der Waals surface area contributed by atoms with E-state index in [2.05, 4.69) is 31.0 Å². The van der Waals surface area contributed by atoms with Crippen LogP contribution in [-0.2, 0) is 5.41 Å². The van der Waals surface area contributed by atoms with Crippen molar-refractivity contribution in [2.24, 2.45) is 11.3 Å². The van der Waals surface area contributed by atoms with Crippen molar-refractivity contribution >= 4 is 0 Å². The molecule has 2 aliphatic rings. The molecule has 0 aromatic carbocycles. The molecule has 1 aromatic rings. The second kappa shape index (κ2) is 3.32.